The predicted octanol–water partition coefficient (Wildman–Crippen LogP) is 11.8. The maximum Gasteiger partial charge on any atom is 0.0404 e. The monoisotopic (exact) mass is 884 g/mol. The van der Waals surface area contributed by atoms with Gasteiger partial charge in [0.15, 0.2) is 0 Å². The van der Waals surface area contributed by atoms with Crippen LogP contribution in [0.15, 0.2) is 133 Å². The molecule has 0 saturated carbocycles. The number of aryl methyl sites for hydroxylation is 8. The first kappa shape index (κ1) is 34.9. The highest BCUT2D eigenvalue weighted by molar-refractivity contribution is 8.26. The van der Waals surface area contributed by atoms with Crippen LogP contribution in [0.5, 0.6) is 0 Å². The standard InChI is InChI=1S/2C30H19PS/c2*32-31-24-14-10-18-6-4-16-8-12-20(28(24)26(16)18)22-2-1-3-23(30(22)31)21-13-9-17-5-7-19-11-15-25(31)29(21)27(17)19/h2*1-3,8-15H,4-7H2. The molecule has 10 aromatic rings. The van der Waals surface area contributed by atoms with Gasteiger partial charge in [-0.05, 0) is 183 Å². The van der Waals surface area contributed by atoms with Crippen molar-refractivity contribution < 1.29 is 0 Å². The Kier molecular flexibility index (Phi) is 6.26. The first-order valence-corrected chi connectivity index (χ1v) is 28.9. The third-order valence-corrected chi connectivity index (χ3v) is 27.0. The van der Waals surface area contributed by atoms with Gasteiger partial charge in [0.05, 0.1) is 0 Å². The molecular formula is C60H38P2S2. The van der Waals surface area contributed by atoms with Gasteiger partial charge in [-0.25, -0.2) is 0 Å². The molecule has 0 bridgehead atoms. The van der Waals surface area contributed by atoms with E-state index < -0.39 is 12.1 Å². The SMILES string of the molecule is S=P12c3c(cccc3-c3ccc4c5c(ccc1c35)CC4)-c1ccc3c4c(ccc2c14)CC3.S=P12c3c(cccc3-c3ccc4c5c(ccc1c35)CC4)-c1ccc3c4c(ccc2c14)CC3. The molecule has 18 rings (SSSR count). The molecule has 64 heavy (non-hydrogen) atoms. The minimum absolute atomic E-state index is 1.16. The minimum atomic E-state index is -2.14. The summed E-state index contributed by atoms with van der Waals surface area (Å²) in [6.45, 7) is 0. The fourth-order valence-electron chi connectivity index (χ4n) is 14.6. The van der Waals surface area contributed by atoms with Crippen molar-refractivity contribution in [3.05, 3.63) is 178 Å². The number of rotatable bonds is 0. The molecule has 4 heterocycles. The average molecular weight is 885 g/mol. The summed E-state index contributed by atoms with van der Waals surface area (Å²) in [7, 11) is 0. The first-order chi connectivity index (χ1) is 31.5. The Morgan fingerprint density at radius 1 is 0.234 bits per heavy atom. The van der Waals surface area contributed by atoms with Gasteiger partial charge in [-0.1, -0.05) is 157 Å². The van der Waals surface area contributed by atoms with E-state index in [1.54, 1.807) is 0 Å². The van der Waals surface area contributed by atoms with Crippen LogP contribution >= 0.6 is 12.1 Å². The van der Waals surface area contributed by atoms with Crippen molar-refractivity contribution in [2.75, 3.05) is 0 Å². The van der Waals surface area contributed by atoms with Crippen LogP contribution in [0.4, 0.5) is 0 Å². The van der Waals surface area contributed by atoms with E-state index in [-0.39, 0.29) is 0 Å². The van der Waals surface area contributed by atoms with E-state index in [1.807, 2.05) is 0 Å². The maximum atomic E-state index is 6.95. The second-order valence-electron chi connectivity index (χ2n) is 19.7. The first-order valence-electron chi connectivity index (χ1n) is 23.3. The average Bonchev–Trinajstić information content (AvgIpc) is 4.16. The Hall–Kier alpha value is -5.46. The molecule has 4 aliphatic heterocycles. The van der Waals surface area contributed by atoms with E-state index in [0.29, 0.717) is 0 Å². The lowest BCUT2D eigenvalue weighted by Gasteiger charge is -2.38. The molecule has 0 fully saturated rings. The van der Waals surface area contributed by atoms with Gasteiger partial charge in [0.25, 0.3) is 0 Å². The van der Waals surface area contributed by atoms with Crippen molar-refractivity contribution in [2.24, 2.45) is 0 Å². The summed E-state index contributed by atoms with van der Waals surface area (Å²) in [6, 6.07) is 47.9. The summed E-state index contributed by atoms with van der Waals surface area (Å²) in [5, 5.41) is 20.6. The lowest BCUT2D eigenvalue weighted by molar-refractivity contribution is 1.02. The Morgan fingerprint density at radius 3 is 0.688 bits per heavy atom. The third-order valence-electron chi connectivity index (χ3n) is 17.1. The van der Waals surface area contributed by atoms with Gasteiger partial charge in [0.1, 0.15) is 0 Å². The smallest absolute Gasteiger partial charge is 0.0404 e. The Balaban J connectivity index is 0.000000111. The van der Waals surface area contributed by atoms with Crippen LogP contribution in [0.1, 0.15) is 44.5 Å². The van der Waals surface area contributed by atoms with E-state index >= 15 is 0 Å². The van der Waals surface area contributed by atoms with Gasteiger partial charge >= 0.3 is 0 Å². The number of fused-ring (bicyclic) bond motifs is 8. The second kappa shape index (κ2) is 11.5. The van der Waals surface area contributed by atoms with Crippen molar-refractivity contribution >= 4 is 111 Å². The number of hydrogen-bond donors (Lipinski definition) is 0. The summed E-state index contributed by atoms with van der Waals surface area (Å²) in [4.78, 5) is 0. The summed E-state index contributed by atoms with van der Waals surface area (Å²) in [5.41, 5.74) is 23.3. The van der Waals surface area contributed by atoms with Gasteiger partial charge in [-0.3, -0.25) is 0 Å². The van der Waals surface area contributed by atoms with Crippen LogP contribution in [0.25, 0.3) is 87.6 Å². The molecule has 300 valence electrons. The summed E-state index contributed by atoms with van der Waals surface area (Å²) in [6.07, 6.45) is 9.31. The van der Waals surface area contributed by atoms with E-state index in [9.17, 15) is 0 Å². The van der Waals surface area contributed by atoms with Crippen LogP contribution in [-0.2, 0) is 75.0 Å². The molecule has 0 amide bonds. The molecule has 0 radical (unpaired) electrons. The van der Waals surface area contributed by atoms with Gasteiger partial charge in [0, 0.05) is 43.9 Å². The number of benzene rings is 10. The van der Waals surface area contributed by atoms with Gasteiger partial charge in [-0.2, -0.15) is 0 Å². The largest absolute Gasteiger partial charge is 0.0825 e. The highest BCUT2D eigenvalue weighted by atomic mass is 32.4. The Labute approximate surface area is 382 Å². The van der Waals surface area contributed by atoms with E-state index in [1.165, 1.54) is 164 Å². The summed E-state index contributed by atoms with van der Waals surface area (Å²) in [5.74, 6) is 0. The molecule has 0 aromatic heterocycles. The van der Waals surface area contributed by atoms with Gasteiger partial charge < -0.3 is 0 Å². The minimum Gasteiger partial charge on any atom is -0.0825 e. The highest BCUT2D eigenvalue weighted by Gasteiger charge is 2.44. The topological polar surface area (TPSA) is 0 Å². The zero-order valence-electron chi connectivity index (χ0n) is 35.1. The molecule has 8 aliphatic rings. The van der Waals surface area contributed by atoms with E-state index in [4.69, 9.17) is 23.6 Å². The summed E-state index contributed by atoms with van der Waals surface area (Å²) >= 11 is 13.9. The fourth-order valence-corrected chi connectivity index (χ4v) is 24.5. The highest BCUT2D eigenvalue weighted by Crippen LogP contribution is 2.62. The quantitative estimate of drug-likeness (QED) is 0.139. The normalized spacial score (nSPS) is 17.2. The molecule has 4 aliphatic carbocycles. The molecule has 10 aromatic carbocycles. The zero-order chi connectivity index (χ0) is 41.5. The van der Waals surface area contributed by atoms with Crippen LogP contribution in [0.3, 0.4) is 0 Å². The lowest BCUT2D eigenvalue weighted by atomic mass is 9.90. The fraction of sp³-hybridized carbons (Fsp3) is 0.133. The van der Waals surface area contributed by atoms with Crippen molar-refractivity contribution in [2.45, 2.75) is 51.4 Å². The third kappa shape index (κ3) is 3.79. The van der Waals surface area contributed by atoms with Crippen LogP contribution in [0.2, 0.25) is 0 Å². The Morgan fingerprint density at radius 2 is 0.453 bits per heavy atom. The van der Waals surface area contributed by atoms with Crippen molar-refractivity contribution in [3.8, 4) is 44.5 Å². The van der Waals surface area contributed by atoms with Crippen LogP contribution in [-0.4, -0.2) is 0 Å². The van der Waals surface area contributed by atoms with E-state index in [2.05, 4.69) is 133 Å². The molecule has 0 unspecified atom stereocenters. The zero-order valence-corrected chi connectivity index (χ0v) is 38.5. The second-order valence-corrected chi connectivity index (χ2v) is 28.2. The summed E-state index contributed by atoms with van der Waals surface area (Å²) < 4.78 is 0. The van der Waals surface area contributed by atoms with Crippen LogP contribution in [0, 0.1) is 0 Å². The molecule has 0 atom stereocenters. The van der Waals surface area contributed by atoms with E-state index in [0.717, 1.165) is 51.4 Å². The maximum absolute atomic E-state index is 6.95. The van der Waals surface area contributed by atoms with Crippen molar-refractivity contribution in [1.82, 2.24) is 0 Å². The van der Waals surface area contributed by atoms with Crippen molar-refractivity contribution in [1.29, 1.82) is 0 Å². The molecule has 0 N–H and O–H groups in total. The molecule has 4 heteroatoms. The predicted molar refractivity (Wildman–Crippen MR) is 281 cm³/mol. The molecule has 0 spiro atoms. The van der Waals surface area contributed by atoms with Gasteiger partial charge in [-0.15, -0.1) is 0 Å². The van der Waals surface area contributed by atoms with Gasteiger partial charge in [0.2, 0.25) is 0 Å². The molecule has 0 saturated heterocycles. The Bertz CT molecular complexity index is 3590. The number of hydrogen-bond acceptors (Lipinski definition) is 2. The molecule has 0 nitrogen and oxygen atoms in total. The van der Waals surface area contributed by atoms with Crippen LogP contribution < -0.4 is 31.8 Å². The lowest BCUT2D eigenvalue weighted by Crippen LogP contribution is -2.34. The van der Waals surface area contributed by atoms with Crippen molar-refractivity contribution in [3.63, 3.8) is 0 Å². The molecular weight excluding hydrogens is 847 g/mol.